The standard InChI is InChI=1S/C12H20N2OS/c1-7(4-11(13)16)14-12(15)10-6-8-2-3-9(10)5-8/h7-10H,2-6H2,1H3,(H2,13,16)(H,14,15). The van der Waals surface area contributed by atoms with Gasteiger partial charge < -0.3 is 11.1 Å². The average molecular weight is 240 g/mol. The molecule has 2 aliphatic rings. The van der Waals surface area contributed by atoms with Crippen LogP contribution < -0.4 is 11.1 Å². The van der Waals surface area contributed by atoms with Crippen molar-refractivity contribution in [2.75, 3.05) is 0 Å². The molecule has 0 aliphatic heterocycles. The molecule has 4 heteroatoms. The Hall–Kier alpha value is -0.640. The molecule has 1 amide bonds. The van der Waals surface area contributed by atoms with Crippen LogP contribution in [0, 0.1) is 17.8 Å². The molecular formula is C12H20N2OS. The number of hydrogen-bond acceptors (Lipinski definition) is 2. The van der Waals surface area contributed by atoms with Gasteiger partial charge in [0.1, 0.15) is 0 Å². The van der Waals surface area contributed by atoms with Crippen LogP contribution >= 0.6 is 12.2 Å². The number of nitrogens with one attached hydrogen (secondary N) is 1. The number of fused-ring (bicyclic) bond motifs is 2. The second-order valence-corrected chi connectivity index (χ2v) is 5.89. The summed E-state index contributed by atoms with van der Waals surface area (Å²) in [5.41, 5.74) is 5.46. The van der Waals surface area contributed by atoms with E-state index in [1.807, 2.05) is 6.92 Å². The highest BCUT2D eigenvalue weighted by Gasteiger charge is 2.43. The zero-order chi connectivity index (χ0) is 11.7. The highest BCUT2D eigenvalue weighted by molar-refractivity contribution is 7.80. The number of thiocarbonyl (C=S) groups is 1. The maximum absolute atomic E-state index is 12.0. The fourth-order valence-corrected chi connectivity index (χ4v) is 3.52. The molecule has 0 aromatic carbocycles. The molecule has 2 bridgehead atoms. The van der Waals surface area contributed by atoms with Gasteiger partial charge in [0.15, 0.2) is 0 Å². The molecule has 0 saturated heterocycles. The SMILES string of the molecule is CC(CC(N)=S)NC(=O)C1CC2CCC1C2. The Labute approximate surface area is 102 Å². The first kappa shape index (κ1) is 11.8. The van der Waals surface area contributed by atoms with E-state index in [0.29, 0.717) is 17.3 Å². The zero-order valence-electron chi connectivity index (χ0n) is 9.74. The van der Waals surface area contributed by atoms with Gasteiger partial charge in [-0.1, -0.05) is 18.6 Å². The number of carbonyl (C=O) groups is 1. The Morgan fingerprint density at radius 3 is 2.75 bits per heavy atom. The van der Waals surface area contributed by atoms with Gasteiger partial charge in [-0.15, -0.1) is 0 Å². The van der Waals surface area contributed by atoms with Crippen molar-refractivity contribution in [2.24, 2.45) is 23.5 Å². The van der Waals surface area contributed by atoms with Gasteiger partial charge in [-0.05, 0) is 38.0 Å². The summed E-state index contributed by atoms with van der Waals surface area (Å²) in [5, 5.41) is 3.03. The average Bonchev–Trinajstić information content (AvgIpc) is 2.76. The predicted molar refractivity (Wildman–Crippen MR) is 67.9 cm³/mol. The lowest BCUT2D eigenvalue weighted by Crippen LogP contribution is -2.40. The number of hydrogen-bond donors (Lipinski definition) is 2. The van der Waals surface area contributed by atoms with Gasteiger partial charge in [0.25, 0.3) is 0 Å². The van der Waals surface area contributed by atoms with Crippen LogP contribution in [-0.2, 0) is 4.79 Å². The van der Waals surface area contributed by atoms with E-state index in [4.69, 9.17) is 18.0 Å². The van der Waals surface area contributed by atoms with Crippen LogP contribution in [0.15, 0.2) is 0 Å². The minimum Gasteiger partial charge on any atom is -0.393 e. The first-order valence-electron chi connectivity index (χ1n) is 6.15. The predicted octanol–water partition coefficient (Wildman–Crippen LogP) is 1.60. The van der Waals surface area contributed by atoms with Crippen molar-refractivity contribution in [2.45, 2.75) is 45.1 Å². The number of nitrogens with two attached hydrogens (primary N) is 1. The molecule has 16 heavy (non-hydrogen) atoms. The van der Waals surface area contributed by atoms with Gasteiger partial charge in [-0.2, -0.15) is 0 Å². The summed E-state index contributed by atoms with van der Waals surface area (Å²) in [6.07, 6.45) is 5.53. The van der Waals surface area contributed by atoms with Crippen molar-refractivity contribution in [1.82, 2.24) is 5.32 Å². The summed E-state index contributed by atoms with van der Waals surface area (Å²) >= 11 is 4.84. The molecular weight excluding hydrogens is 220 g/mol. The van der Waals surface area contributed by atoms with Crippen molar-refractivity contribution in [3.63, 3.8) is 0 Å². The minimum atomic E-state index is 0.0733. The summed E-state index contributed by atoms with van der Waals surface area (Å²) in [4.78, 5) is 12.5. The lowest BCUT2D eigenvalue weighted by Gasteiger charge is -2.23. The molecule has 2 saturated carbocycles. The summed E-state index contributed by atoms with van der Waals surface area (Å²) in [6.45, 7) is 1.96. The van der Waals surface area contributed by atoms with Crippen LogP contribution in [0.4, 0.5) is 0 Å². The quantitative estimate of drug-likeness (QED) is 0.734. The molecule has 0 aromatic rings. The third-order valence-corrected chi connectivity index (χ3v) is 4.14. The van der Waals surface area contributed by atoms with E-state index in [1.165, 1.54) is 19.3 Å². The largest absolute Gasteiger partial charge is 0.393 e. The van der Waals surface area contributed by atoms with Gasteiger partial charge >= 0.3 is 0 Å². The van der Waals surface area contributed by atoms with Crippen LogP contribution in [0.25, 0.3) is 0 Å². The van der Waals surface area contributed by atoms with Crippen LogP contribution in [0.2, 0.25) is 0 Å². The molecule has 0 spiro atoms. The topological polar surface area (TPSA) is 55.1 Å². The van der Waals surface area contributed by atoms with E-state index >= 15 is 0 Å². The summed E-state index contributed by atoms with van der Waals surface area (Å²) in [7, 11) is 0. The van der Waals surface area contributed by atoms with Crippen LogP contribution in [-0.4, -0.2) is 16.9 Å². The Balaban J connectivity index is 1.82. The van der Waals surface area contributed by atoms with Gasteiger partial charge in [-0.25, -0.2) is 0 Å². The fraction of sp³-hybridized carbons (Fsp3) is 0.833. The normalized spacial score (nSPS) is 33.7. The fourth-order valence-electron chi connectivity index (χ4n) is 3.27. The van der Waals surface area contributed by atoms with Crippen molar-refractivity contribution in [1.29, 1.82) is 0 Å². The third kappa shape index (κ3) is 2.54. The van der Waals surface area contributed by atoms with Crippen molar-refractivity contribution in [3.05, 3.63) is 0 Å². The number of rotatable bonds is 4. The molecule has 0 radical (unpaired) electrons. The van der Waals surface area contributed by atoms with Gasteiger partial charge in [0.2, 0.25) is 5.91 Å². The highest BCUT2D eigenvalue weighted by Crippen LogP contribution is 2.48. The monoisotopic (exact) mass is 240 g/mol. The van der Waals surface area contributed by atoms with E-state index in [9.17, 15) is 4.79 Å². The van der Waals surface area contributed by atoms with Crippen LogP contribution in [0.1, 0.15) is 39.0 Å². The van der Waals surface area contributed by atoms with Crippen LogP contribution in [0.5, 0.6) is 0 Å². The Kier molecular flexibility index (Phi) is 3.47. The molecule has 0 aromatic heterocycles. The molecule has 4 atom stereocenters. The lowest BCUT2D eigenvalue weighted by atomic mass is 9.88. The maximum atomic E-state index is 12.0. The van der Waals surface area contributed by atoms with Crippen LogP contribution in [0.3, 0.4) is 0 Å². The van der Waals surface area contributed by atoms with Crippen molar-refractivity contribution >= 4 is 23.1 Å². The van der Waals surface area contributed by atoms with E-state index in [2.05, 4.69) is 5.32 Å². The van der Waals surface area contributed by atoms with E-state index in [-0.39, 0.29) is 17.9 Å². The lowest BCUT2D eigenvalue weighted by molar-refractivity contribution is -0.127. The Bertz CT molecular complexity index is 305. The summed E-state index contributed by atoms with van der Waals surface area (Å²) in [6, 6.07) is 0.0733. The van der Waals surface area contributed by atoms with Gasteiger partial charge in [-0.3, -0.25) is 4.79 Å². The van der Waals surface area contributed by atoms with Crippen molar-refractivity contribution < 1.29 is 4.79 Å². The molecule has 90 valence electrons. The maximum Gasteiger partial charge on any atom is 0.223 e. The molecule has 2 fully saturated rings. The first-order valence-corrected chi connectivity index (χ1v) is 6.55. The second-order valence-electron chi connectivity index (χ2n) is 5.36. The molecule has 2 rings (SSSR count). The molecule has 3 N–H and O–H groups in total. The number of carbonyl (C=O) groups excluding carboxylic acids is 1. The summed E-state index contributed by atoms with van der Waals surface area (Å²) < 4.78 is 0. The molecule has 3 nitrogen and oxygen atoms in total. The smallest absolute Gasteiger partial charge is 0.223 e. The molecule has 0 heterocycles. The zero-order valence-corrected chi connectivity index (χ0v) is 10.6. The van der Waals surface area contributed by atoms with E-state index < -0.39 is 0 Å². The molecule has 4 unspecified atom stereocenters. The Morgan fingerprint density at radius 2 is 2.25 bits per heavy atom. The van der Waals surface area contributed by atoms with Crippen molar-refractivity contribution in [3.8, 4) is 0 Å². The minimum absolute atomic E-state index is 0.0733. The highest BCUT2D eigenvalue weighted by atomic mass is 32.1. The Morgan fingerprint density at radius 1 is 1.50 bits per heavy atom. The van der Waals surface area contributed by atoms with Gasteiger partial charge in [0, 0.05) is 18.4 Å². The number of amides is 1. The van der Waals surface area contributed by atoms with E-state index in [0.717, 1.165) is 12.3 Å². The second kappa shape index (κ2) is 4.70. The summed E-state index contributed by atoms with van der Waals surface area (Å²) in [5.74, 6) is 1.93. The third-order valence-electron chi connectivity index (χ3n) is 3.97. The van der Waals surface area contributed by atoms with Gasteiger partial charge in [0.05, 0.1) is 4.99 Å². The molecule has 2 aliphatic carbocycles. The first-order chi connectivity index (χ1) is 7.56. The van der Waals surface area contributed by atoms with E-state index in [1.54, 1.807) is 0 Å².